The number of halogens is 1. The third kappa shape index (κ3) is 10.8. The summed E-state index contributed by atoms with van der Waals surface area (Å²) in [5, 5.41) is 3.30. The van der Waals surface area contributed by atoms with E-state index in [4.69, 9.17) is 4.74 Å². The number of carbonyl (C=O) groups excluding carboxylic acids is 1. The highest BCUT2D eigenvalue weighted by atomic mass is 19.1. The van der Waals surface area contributed by atoms with Gasteiger partial charge in [-0.1, -0.05) is 19.1 Å². The molecule has 1 fully saturated rings. The van der Waals surface area contributed by atoms with Crippen LogP contribution < -0.4 is 21.1 Å². The number of aromatic nitrogens is 3. The maximum Gasteiger partial charge on any atom is 0.288 e. The molecule has 0 bridgehead atoms. The molecule has 1 aliphatic heterocycles. The third-order valence-electron chi connectivity index (χ3n) is 5.75. The Kier molecular flexibility index (Phi) is 14.3. The van der Waals surface area contributed by atoms with Gasteiger partial charge in [-0.2, -0.15) is 4.98 Å². The Morgan fingerprint density at radius 1 is 1.27 bits per heavy atom. The van der Waals surface area contributed by atoms with Crippen molar-refractivity contribution in [3.05, 3.63) is 71.7 Å². The summed E-state index contributed by atoms with van der Waals surface area (Å²) in [6, 6.07) is 3.37. The number of hydrazine groups is 1. The van der Waals surface area contributed by atoms with E-state index in [9.17, 15) is 9.18 Å². The summed E-state index contributed by atoms with van der Waals surface area (Å²) in [4.78, 5) is 31.0. The summed E-state index contributed by atoms with van der Waals surface area (Å²) in [5.74, 6) is 1.67. The molecule has 0 saturated carbocycles. The first-order chi connectivity index (χ1) is 19.9. The molecule has 0 spiro atoms. The van der Waals surface area contributed by atoms with Crippen LogP contribution in [0.25, 0.3) is 0 Å². The number of morpholine rings is 1. The van der Waals surface area contributed by atoms with E-state index in [2.05, 4.69) is 67.5 Å². The van der Waals surface area contributed by atoms with Crippen molar-refractivity contribution in [2.45, 2.75) is 41.0 Å². The lowest BCUT2D eigenvalue weighted by atomic mass is 9.96. The summed E-state index contributed by atoms with van der Waals surface area (Å²) < 4.78 is 19.5. The number of pyridine rings is 1. The third-order valence-corrected chi connectivity index (χ3v) is 5.75. The van der Waals surface area contributed by atoms with Gasteiger partial charge in [-0.15, -0.1) is 12.3 Å². The number of ether oxygens (including phenoxy) is 1. The molecule has 1 amide bonds. The second-order valence-corrected chi connectivity index (χ2v) is 8.80. The van der Waals surface area contributed by atoms with Crippen molar-refractivity contribution in [2.75, 3.05) is 41.9 Å². The summed E-state index contributed by atoms with van der Waals surface area (Å²) in [6.45, 7) is 11.7. The average Bonchev–Trinajstić information content (AvgIpc) is 2.99. The van der Waals surface area contributed by atoms with Crippen LogP contribution in [0.4, 0.5) is 21.8 Å². The van der Waals surface area contributed by atoms with E-state index in [0.717, 1.165) is 29.6 Å². The highest BCUT2D eigenvalue weighted by molar-refractivity contribution is 5.93. The molecule has 1 saturated heterocycles. The van der Waals surface area contributed by atoms with E-state index < -0.39 is 11.7 Å². The zero-order valence-electron chi connectivity index (χ0n) is 24.3. The topological polar surface area (TPSA) is 117 Å². The second kappa shape index (κ2) is 17.9. The fourth-order valence-corrected chi connectivity index (χ4v) is 3.78. The molecule has 11 heteroatoms. The van der Waals surface area contributed by atoms with Gasteiger partial charge in [-0.3, -0.25) is 20.6 Å². The lowest BCUT2D eigenvalue weighted by molar-refractivity contribution is 0.0957. The van der Waals surface area contributed by atoms with Crippen LogP contribution in [0.15, 0.2) is 65.2 Å². The maximum atomic E-state index is 14.2. The normalized spacial score (nSPS) is 14.7. The van der Waals surface area contributed by atoms with Crippen LogP contribution in [0.5, 0.6) is 0 Å². The predicted molar refractivity (Wildman–Crippen MR) is 163 cm³/mol. The number of terminal acetylenes is 1. The van der Waals surface area contributed by atoms with Crippen molar-refractivity contribution in [3.8, 4) is 12.3 Å². The molecule has 0 aliphatic carbocycles. The second-order valence-electron chi connectivity index (χ2n) is 8.80. The number of allylic oxidation sites excluding steroid dienone is 5. The summed E-state index contributed by atoms with van der Waals surface area (Å²) in [7, 11) is 0. The van der Waals surface area contributed by atoms with Gasteiger partial charge in [-0.05, 0) is 57.9 Å². The molecule has 0 aromatic carbocycles. The summed E-state index contributed by atoms with van der Waals surface area (Å²) >= 11 is 0. The minimum atomic E-state index is -0.536. The van der Waals surface area contributed by atoms with Crippen molar-refractivity contribution in [1.82, 2.24) is 20.4 Å². The first-order valence-electron chi connectivity index (χ1n) is 13.4. The molecule has 3 heterocycles. The number of hydrogen-bond acceptors (Lipinski definition) is 9. The molecule has 218 valence electrons. The van der Waals surface area contributed by atoms with E-state index >= 15 is 0 Å². The van der Waals surface area contributed by atoms with E-state index in [1.165, 1.54) is 0 Å². The van der Waals surface area contributed by atoms with Crippen molar-refractivity contribution in [2.24, 2.45) is 10.9 Å². The Hall–Kier alpha value is -4.56. The van der Waals surface area contributed by atoms with Crippen molar-refractivity contribution in [3.63, 3.8) is 0 Å². The Balaban J connectivity index is 0.00000187. The Morgan fingerprint density at radius 2 is 2.00 bits per heavy atom. The van der Waals surface area contributed by atoms with Gasteiger partial charge in [-0.25, -0.2) is 14.4 Å². The smallest absolute Gasteiger partial charge is 0.288 e. The minimum Gasteiger partial charge on any atom is -0.378 e. The van der Waals surface area contributed by atoms with E-state index in [1.54, 1.807) is 36.4 Å². The van der Waals surface area contributed by atoms with E-state index in [0.29, 0.717) is 26.3 Å². The number of nitrogens with zero attached hydrogens (tertiary/aromatic N) is 5. The molecule has 1 aliphatic rings. The van der Waals surface area contributed by atoms with E-state index in [-0.39, 0.29) is 23.4 Å². The average molecular weight is 563 g/mol. The van der Waals surface area contributed by atoms with Crippen LogP contribution in [-0.2, 0) is 4.74 Å². The molecule has 1 unspecified atom stereocenters. The number of carbonyl (C=O) groups is 1. The molecule has 2 aromatic heterocycles. The number of nitrogens with one attached hydrogen (secondary N) is 3. The molecular weight excluding hydrogens is 523 g/mol. The maximum absolute atomic E-state index is 14.2. The van der Waals surface area contributed by atoms with Crippen LogP contribution in [0.3, 0.4) is 0 Å². The standard InChI is InChI=1S/C27H35FN8O2.C3H4/c1-5-10-29-16-21(7-3)20(6-2)15-19(4)32-22-8-9-24(30-17-22)26(37)34-35-27-31-18-23(28)25(33-27)36-11-13-38-14-12-36;1-3-2/h5-6,8-10,15-18,21,32H,7,11-14H2,1-4H3,(H,34,37)(H,31,33,35);1H,2H3/b10-5-,19-15+,20-6+,29-16?;. The van der Waals surface area contributed by atoms with Crippen LogP contribution in [0, 0.1) is 24.1 Å². The van der Waals surface area contributed by atoms with Gasteiger partial charge >= 0.3 is 0 Å². The quantitative estimate of drug-likeness (QED) is 0.149. The number of hydrogen-bond donors (Lipinski definition) is 3. The Labute approximate surface area is 241 Å². The molecule has 41 heavy (non-hydrogen) atoms. The summed E-state index contributed by atoms with van der Waals surface area (Å²) in [6.07, 6.45) is 18.0. The van der Waals surface area contributed by atoms with Gasteiger partial charge in [0.25, 0.3) is 5.91 Å². The minimum absolute atomic E-state index is 0.0706. The lowest BCUT2D eigenvalue weighted by Gasteiger charge is -2.28. The number of amides is 1. The Bertz CT molecular complexity index is 1280. The van der Waals surface area contributed by atoms with Crippen molar-refractivity contribution >= 4 is 29.6 Å². The summed E-state index contributed by atoms with van der Waals surface area (Å²) in [5.41, 5.74) is 8.15. The van der Waals surface area contributed by atoms with Crippen LogP contribution in [-0.4, -0.2) is 53.4 Å². The lowest BCUT2D eigenvalue weighted by Crippen LogP contribution is -2.38. The van der Waals surface area contributed by atoms with Gasteiger partial charge < -0.3 is 15.0 Å². The van der Waals surface area contributed by atoms with E-state index in [1.807, 2.05) is 33.1 Å². The van der Waals surface area contributed by atoms with Crippen LogP contribution in [0.2, 0.25) is 0 Å². The fraction of sp³-hybridized carbons (Fsp3) is 0.367. The number of aliphatic imine (C=N–C) groups is 1. The first kappa shape index (κ1) is 32.7. The highest BCUT2D eigenvalue weighted by Crippen LogP contribution is 2.19. The molecule has 10 nitrogen and oxygen atoms in total. The fourth-order valence-electron chi connectivity index (χ4n) is 3.78. The first-order valence-corrected chi connectivity index (χ1v) is 13.4. The zero-order chi connectivity index (χ0) is 30.0. The molecule has 2 aromatic rings. The van der Waals surface area contributed by atoms with Crippen LogP contribution in [0.1, 0.15) is 51.5 Å². The van der Waals surface area contributed by atoms with Gasteiger partial charge in [0.1, 0.15) is 5.69 Å². The van der Waals surface area contributed by atoms with Gasteiger partial charge in [0, 0.05) is 37.1 Å². The highest BCUT2D eigenvalue weighted by Gasteiger charge is 2.18. The molecule has 0 radical (unpaired) electrons. The number of rotatable bonds is 11. The SMILES string of the molecule is C#CC.C/C=C\N=CC(CC)C(/C=C(\C)Nc1ccc(C(=O)NNc2ncc(F)c(N3CCOCC3)n2)nc1)=C/C. The van der Waals surface area contributed by atoms with Gasteiger partial charge in [0.2, 0.25) is 5.95 Å². The van der Waals surface area contributed by atoms with Crippen molar-refractivity contribution in [1.29, 1.82) is 0 Å². The largest absolute Gasteiger partial charge is 0.378 e. The van der Waals surface area contributed by atoms with Crippen LogP contribution >= 0.6 is 0 Å². The Morgan fingerprint density at radius 3 is 2.61 bits per heavy atom. The van der Waals surface area contributed by atoms with Gasteiger partial charge in [0.05, 0.1) is 31.3 Å². The van der Waals surface area contributed by atoms with Gasteiger partial charge in [0.15, 0.2) is 11.6 Å². The predicted octanol–water partition coefficient (Wildman–Crippen LogP) is 5.14. The monoisotopic (exact) mass is 562 g/mol. The molecule has 3 rings (SSSR count). The number of anilines is 3. The van der Waals surface area contributed by atoms with Crippen molar-refractivity contribution < 1.29 is 13.9 Å². The zero-order valence-corrected chi connectivity index (χ0v) is 24.3. The molecule has 1 atom stereocenters. The molecule has 3 N–H and O–H groups in total. The molecular formula is C30H39FN8O2.